The molecule has 19 heavy (non-hydrogen) atoms. The number of fused-ring (bicyclic) bond motifs is 1. The van der Waals surface area contributed by atoms with Gasteiger partial charge >= 0.3 is 6.09 Å². The Kier molecular flexibility index (Phi) is 3.42. The van der Waals surface area contributed by atoms with Crippen LogP contribution in [0, 0.1) is 0 Å². The quantitative estimate of drug-likeness (QED) is 0.788. The van der Waals surface area contributed by atoms with E-state index in [1.807, 2.05) is 36.4 Å². The molecule has 0 N–H and O–H groups in total. The van der Waals surface area contributed by atoms with Crippen LogP contribution in [0.5, 0.6) is 5.75 Å². The summed E-state index contributed by atoms with van der Waals surface area (Å²) in [5.74, 6) is 0.603. The monoisotopic (exact) mass is 319 g/mol. The van der Waals surface area contributed by atoms with Crippen LogP contribution in [0.2, 0.25) is 0 Å². The van der Waals surface area contributed by atoms with Crippen molar-refractivity contribution in [2.75, 3.05) is 13.1 Å². The van der Waals surface area contributed by atoms with Crippen LogP contribution in [0.15, 0.2) is 40.9 Å². The van der Waals surface area contributed by atoms with Crippen molar-refractivity contribution in [1.82, 2.24) is 4.90 Å². The maximum Gasteiger partial charge on any atom is 0.415 e. The van der Waals surface area contributed by atoms with Crippen molar-refractivity contribution < 1.29 is 9.53 Å². The number of carbonyl (C=O) groups excluding carboxylic acids is 1. The summed E-state index contributed by atoms with van der Waals surface area (Å²) in [4.78, 5) is 13.7. The van der Waals surface area contributed by atoms with Crippen LogP contribution in [0.3, 0.4) is 0 Å². The summed E-state index contributed by atoms with van der Waals surface area (Å²) < 4.78 is 6.46. The Bertz CT molecular complexity index is 621. The molecule has 0 aromatic heterocycles. The number of nitrogens with zero attached hydrogens (tertiary/aromatic N) is 1. The molecular formula is C15H14BrNO2. The van der Waals surface area contributed by atoms with Gasteiger partial charge in [-0.15, -0.1) is 0 Å². The smallest absolute Gasteiger partial charge is 0.410 e. The third kappa shape index (κ3) is 2.73. The summed E-state index contributed by atoms with van der Waals surface area (Å²) >= 11 is 3.44. The minimum atomic E-state index is -0.242. The van der Waals surface area contributed by atoms with Crippen molar-refractivity contribution in [1.29, 1.82) is 0 Å². The lowest BCUT2D eigenvalue weighted by molar-refractivity contribution is 0.163. The maximum absolute atomic E-state index is 11.9. The van der Waals surface area contributed by atoms with E-state index >= 15 is 0 Å². The molecule has 1 saturated heterocycles. The normalized spacial score (nSPS) is 14.9. The van der Waals surface area contributed by atoms with E-state index in [0.29, 0.717) is 5.75 Å². The number of hydrogen-bond donors (Lipinski definition) is 0. The average molecular weight is 320 g/mol. The second-order valence-electron chi connectivity index (χ2n) is 4.72. The lowest BCUT2D eigenvalue weighted by atomic mass is 10.1. The van der Waals surface area contributed by atoms with Crippen molar-refractivity contribution in [2.45, 2.75) is 12.8 Å². The molecule has 0 saturated carbocycles. The predicted octanol–water partition coefficient (Wildman–Crippen LogP) is 4.20. The fourth-order valence-electron chi connectivity index (χ4n) is 2.32. The van der Waals surface area contributed by atoms with Crippen LogP contribution < -0.4 is 4.74 Å². The van der Waals surface area contributed by atoms with Crippen LogP contribution in [0.1, 0.15) is 12.8 Å². The van der Waals surface area contributed by atoms with Crippen LogP contribution in [0.25, 0.3) is 10.8 Å². The van der Waals surface area contributed by atoms with Gasteiger partial charge in [-0.1, -0.05) is 28.1 Å². The molecule has 0 bridgehead atoms. The molecule has 1 heterocycles. The number of hydrogen-bond acceptors (Lipinski definition) is 2. The van der Waals surface area contributed by atoms with Crippen LogP contribution in [0.4, 0.5) is 4.79 Å². The maximum atomic E-state index is 11.9. The van der Waals surface area contributed by atoms with E-state index in [4.69, 9.17) is 4.74 Å². The molecule has 0 radical (unpaired) electrons. The van der Waals surface area contributed by atoms with Gasteiger partial charge in [0.2, 0.25) is 0 Å². The standard InChI is InChI=1S/C15H14BrNO2/c16-13-5-3-12-10-14(6-4-11(12)9-13)19-15(18)17-7-1-2-8-17/h3-6,9-10H,1-2,7-8H2. The van der Waals surface area contributed by atoms with Crippen LogP contribution in [-0.2, 0) is 0 Å². The molecule has 2 aromatic rings. The molecule has 0 spiro atoms. The van der Waals surface area contributed by atoms with Crippen molar-refractivity contribution in [3.05, 3.63) is 40.9 Å². The van der Waals surface area contributed by atoms with Gasteiger partial charge in [-0.3, -0.25) is 0 Å². The molecule has 0 unspecified atom stereocenters. The summed E-state index contributed by atoms with van der Waals surface area (Å²) in [5, 5.41) is 2.19. The van der Waals surface area contributed by atoms with Gasteiger partial charge < -0.3 is 9.64 Å². The molecule has 1 aliphatic rings. The fourth-order valence-corrected chi connectivity index (χ4v) is 2.70. The average Bonchev–Trinajstić information content (AvgIpc) is 2.93. The molecule has 3 nitrogen and oxygen atoms in total. The first-order chi connectivity index (χ1) is 9.22. The highest BCUT2D eigenvalue weighted by molar-refractivity contribution is 9.10. The van der Waals surface area contributed by atoms with E-state index in [1.54, 1.807) is 4.90 Å². The molecule has 0 atom stereocenters. The van der Waals surface area contributed by atoms with Gasteiger partial charge in [-0.25, -0.2) is 4.79 Å². The lowest BCUT2D eigenvalue weighted by Gasteiger charge is -2.15. The number of carbonyl (C=O) groups is 1. The molecule has 98 valence electrons. The Labute approximate surface area is 120 Å². The van der Waals surface area contributed by atoms with E-state index < -0.39 is 0 Å². The van der Waals surface area contributed by atoms with Gasteiger partial charge in [0.25, 0.3) is 0 Å². The van der Waals surface area contributed by atoms with Gasteiger partial charge in [0, 0.05) is 17.6 Å². The number of ether oxygens (including phenoxy) is 1. The zero-order chi connectivity index (χ0) is 13.2. The summed E-state index contributed by atoms with van der Waals surface area (Å²) in [6.07, 6.45) is 1.90. The van der Waals surface area contributed by atoms with Gasteiger partial charge in [0.05, 0.1) is 0 Å². The van der Waals surface area contributed by atoms with Crippen molar-refractivity contribution in [3.8, 4) is 5.75 Å². The molecule has 2 aromatic carbocycles. The zero-order valence-electron chi connectivity index (χ0n) is 10.4. The Morgan fingerprint density at radius 2 is 1.74 bits per heavy atom. The molecule has 1 aliphatic heterocycles. The summed E-state index contributed by atoms with van der Waals surface area (Å²) in [6, 6.07) is 11.7. The van der Waals surface area contributed by atoms with E-state index in [0.717, 1.165) is 41.2 Å². The van der Waals surface area contributed by atoms with Gasteiger partial charge in [0.1, 0.15) is 5.75 Å². The Balaban J connectivity index is 1.81. The third-order valence-electron chi connectivity index (χ3n) is 3.34. The Morgan fingerprint density at radius 1 is 1.05 bits per heavy atom. The van der Waals surface area contributed by atoms with E-state index in [2.05, 4.69) is 15.9 Å². The Hall–Kier alpha value is -1.55. The van der Waals surface area contributed by atoms with Crippen molar-refractivity contribution in [2.24, 2.45) is 0 Å². The second kappa shape index (κ2) is 5.21. The highest BCUT2D eigenvalue weighted by atomic mass is 79.9. The number of benzene rings is 2. The minimum absolute atomic E-state index is 0.242. The van der Waals surface area contributed by atoms with Crippen LogP contribution >= 0.6 is 15.9 Å². The van der Waals surface area contributed by atoms with Crippen molar-refractivity contribution in [3.63, 3.8) is 0 Å². The molecule has 4 heteroatoms. The molecular weight excluding hydrogens is 306 g/mol. The summed E-state index contributed by atoms with van der Waals surface area (Å²) in [6.45, 7) is 1.61. The van der Waals surface area contributed by atoms with Gasteiger partial charge in [0.15, 0.2) is 0 Å². The second-order valence-corrected chi connectivity index (χ2v) is 5.63. The lowest BCUT2D eigenvalue weighted by Crippen LogP contribution is -2.30. The summed E-state index contributed by atoms with van der Waals surface area (Å²) in [5.41, 5.74) is 0. The van der Waals surface area contributed by atoms with Crippen LogP contribution in [-0.4, -0.2) is 24.1 Å². The first kappa shape index (κ1) is 12.5. The van der Waals surface area contributed by atoms with E-state index in [-0.39, 0.29) is 6.09 Å². The van der Waals surface area contributed by atoms with Crippen molar-refractivity contribution >= 4 is 32.8 Å². The Morgan fingerprint density at radius 3 is 2.53 bits per heavy atom. The number of likely N-dealkylation sites (tertiary alicyclic amines) is 1. The third-order valence-corrected chi connectivity index (χ3v) is 3.84. The highest BCUT2D eigenvalue weighted by Crippen LogP contribution is 2.24. The topological polar surface area (TPSA) is 29.5 Å². The largest absolute Gasteiger partial charge is 0.415 e. The zero-order valence-corrected chi connectivity index (χ0v) is 12.0. The van der Waals surface area contributed by atoms with E-state index in [9.17, 15) is 4.79 Å². The molecule has 1 amide bonds. The predicted molar refractivity (Wildman–Crippen MR) is 78.5 cm³/mol. The van der Waals surface area contributed by atoms with Gasteiger partial charge in [-0.05, 0) is 47.9 Å². The SMILES string of the molecule is O=C(Oc1ccc2cc(Br)ccc2c1)N1CCCC1. The van der Waals surface area contributed by atoms with Gasteiger partial charge in [-0.2, -0.15) is 0 Å². The first-order valence-corrected chi connectivity index (χ1v) is 7.18. The van der Waals surface area contributed by atoms with E-state index in [1.165, 1.54) is 0 Å². The first-order valence-electron chi connectivity index (χ1n) is 6.38. The minimum Gasteiger partial charge on any atom is -0.410 e. The molecule has 3 rings (SSSR count). The number of amides is 1. The molecule has 1 fully saturated rings. The summed E-state index contributed by atoms with van der Waals surface area (Å²) in [7, 11) is 0. The fraction of sp³-hybridized carbons (Fsp3) is 0.267. The highest BCUT2D eigenvalue weighted by Gasteiger charge is 2.19. The molecule has 0 aliphatic carbocycles. The number of rotatable bonds is 1. The number of halogens is 1.